The van der Waals surface area contributed by atoms with Gasteiger partial charge in [0.25, 0.3) is 0 Å². The van der Waals surface area contributed by atoms with E-state index in [0.717, 1.165) is 34.5 Å². The number of alkyl halides is 6. The summed E-state index contributed by atoms with van der Waals surface area (Å²) in [4.78, 5) is 16.2. The lowest BCUT2D eigenvalue weighted by Gasteiger charge is -2.15. The molecule has 0 fully saturated rings. The maximum Gasteiger partial charge on any atom is 0.418 e. The van der Waals surface area contributed by atoms with Crippen LogP contribution in [0.15, 0.2) is 144 Å². The highest BCUT2D eigenvalue weighted by atomic mass is 32.2. The lowest BCUT2D eigenvalue weighted by atomic mass is 9.95. The average Bonchev–Trinajstić information content (AvgIpc) is 3.22. The van der Waals surface area contributed by atoms with Crippen LogP contribution in [0.2, 0.25) is 0 Å². The summed E-state index contributed by atoms with van der Waals surface area (Å²) >= 11 is 1.51. The molecule has 0 unspecified atom stereocenters. The van der Waals surface area contributed by atoms with Crippen LogP contribution in [0.5, 0.6) is 23.0 Å². The first-order chi connectivity index (χ1) is 29.4. The lowest BCUT2D eigenvalue weighted by Crippen LogP contribution is -2.07. The zero-order valence-corrected chi connectivity index (χ0v) is 34.8. The van der Waals surface area contributed by atoms with Crippen molar-refractivity contribution in [1.29, 1.82) is 0 Å². The molecule has 0 aliphatic carbocycles. The number of fused-ring (bicyclic) bond motifs is 2. The molecule has 0 aliphatic rings. The first-order valence-electron chi connectivity index (χ1n) is 18.5. The van der Waals surface area contributed by atoms with Gasteiger partial charge < -0.3 is 9.47 Å². The van der Waals surface area contributed by atoms with Gasteiger partial charge in [0.05, 0.1) is 27.2 Å². The molecule has 0 radical (unpaired) electrons. The summed E-state index contributed by atoms with van der Waals surface area (Å²) in [6.45, 7) is 3.61. The minimum absolute atomic E-state index is 0.0596. The molecule has 0 N–H and O–H groups in total. The number of hydrogen-bond acceptors (Lipinski definition) is 9. The fraction of sp³-hybridized carbons (Fsp3) is 0.130. The van der Waals surface area contributed by atoms with E-state index < -0.39 is 33.3 Å². The van der Waals surface area contributed by atoms with Crippen molar-refractivity contribution in [3.63, 3.8) is 0 Å². The van der Waals surface area contributed by atoms with Crippen LogP contribution >= 0.6 is 11.8 Å². The average molecular weight is 885 g/mol. The Kier molecular flexibility index (Phi) is 12.3. The Morgan fingerprint density at radius 2 is 0.984 bits per heavy atom. The van der Waals surface area contributed by atoms with Gasteiger partial charge in [0.15, 0.2) is 14.9 Å². The molecule has 4 heterocycles. The Morgan fingerprint density at radius 3 is 1.44 bits per heavy atom. The van der Waals surface area contributed by atoms with Crippen LogP contribution in [0.1, 0.15) is 22.3 Å². The van der Waals surface area contributed by atoms with E-state index >= 15 is 0 Å². The number of pyridine rings is 4. The van der Waals surface area contributed by atoms with Crippen molar-refractivity contribution in [2.24, 2.45) is 0 Å². The van der Waals surface area contributed by atoms with Gasteiger partial charge in [0.2, 0.25) is 0 Å². The predicted molar refractivity (Wildman–Crippen MR) is 227 cm³/mol. The molecule has 0 amide bonds. The van der Waals surface area contributed by atoms with E-state index in [9.17, 15) is 34.8 Å². The van der Waals surface area contributed by atoms with Crippen molar-refractivity contribution >= 4 is 43.4 Å². The third-order valence-electron chi connectivity index (χ3n) is 9.50. The van der Waals surface area contributed by atoms with Crippen LogP contribution in [-0.2, 0) is 22.2 Å². The summed E-state index contributed by atoms with van der Waals surface area (Å²) in [5.74, 6) is 1.89. The van der Waals surface area contributed by atoms with E-state index in [1.165, 1.54) is 54.6 Å². The zero-order valence-electron chi connectivity index (χ0n) is 33.2. The van der Waals surface area contributed by atoms with E-state index in [1.807, 2.05) is 43.5 Å². The normalized spacial score (nSPS) is 11.9. The van der Waals surface area contributed by atoms with Crippen molar-refractivity contribution in [2.75, 3.05) is 12.5 Å². The molecule has 0 saturated heterocycles. The van der Waals surface area contributed by atoms with Crippen LogP contribution in [0, 0.1) is 13.8 Å². The number of hydrogen-bond donors (Lipinski definition) is 0. The minimum atomic E-state index is -4.53. The number of sulfone groups is 1. The SMILES string of the molecule is CSc1cc(Oc2cccc(-c3c(C)cnc4c(C(F)(F)F)cccc34)c2)ccn1.Cc1cnc2c(C(F)(F)F)cccc2c1-c1cccc(Oc2ccnc(S(C)(=O)=O)c2)c1. The minimum Gasteiger partial charge on any atom is -0.457 e. The topological polar surface area (TPSA) is 104 Å². The molecule has 0 spiro atoms. The maximum atomic E-state index is 13.5. The highest BCUT2D eigenvalue weighted by Crippen LogP contribution is 2.41. The quantitative estimate of drug-likeness (QED) is 0.109. The zero-order chi connectivity index (χ0) is 44.4. The molecule has 4 aromatic carbocycles. The van der Waals surface area contributed by atoms with Crippen molar-refractivity contribution in [2.45, 2.75) is 36.3 Å². The van der Waals surface area contributed by atoms with Gasteiger partial charge in [-0.1, -0.05) is 48.5 Å². The smallest absolute Gasteiger partial charge is 0.418 e. The predicted octanol–water partition coefficient (Wildman–Crippen LogP) is 13.0. The Morgan fingerprint density at radius 1 is 0.548 bits per heavy atom. The Hall–Kier alpha value is -6.52. The molecule has 0 bridgehead atoms. The summed E-state index contributed by atoms with van der Waals surface area (Å²) in [5, 5.41) is 1.54. The molecule has 62 heavy (non-hydrogen) atoms. The second kappa shape index (κ2) is 17.5. The van der Waals surface area contributed by atoms with Crippen LogP contribution in [0.25, 0.3) is 44.1 Å². The number of rotatable bonds is 8. The van der Waals surface area contributed by atoms with Gasteiger partial charge in [-0.25, -0.2) is 18.4 Å². The highest BCUT2D eigenvalue weighted by molar-refractivity contribution is 7.98. The number of aromatic nitrogens is 4. The van der Waals surface area contributed by atoms with E-state index in [2.05, 4.69) is 19.9 Å². The van der Waals surface area contributed by atoms with Gasteiger partial charge in [0.1, 0.15) is 23.0 Å². The number of benzene rings is 4. The Labute approximate surface area is 356 Å². The lowest BCUT2D eigenvalue weighted by molar-refractivity contribution is -0.137. The van der Waals surface area contributed by atoms with Gasteiger partial charge in [-0.05, 0) is 102 Å². The monoisotopic (exact) mass is 884 g/mol. The Bertz CT molecular complexity index is 3070. The number of ether oxygens (including phenoxy) is 2. The number of halogens is 6. The van der Waals surface area contributed by atoms with E-state index in [0.29, 0.717) is 50.3 Å². The fourth-order valence-corrected chi connectivity index (χ4v) is 7.78. The molecule has 8 nitrogen and oxygen atoms in total. The van der Waals surface area contributed by atoms with Gasteiger partial charge in [-0.2, -0.15) is 26.3 Å². The molecular formula is C46H34F6N4O4S2. The van der Waals surface area contributed by atoms with Crippen LogP contribution < -0.4 is 9.47 Å². The van der Waals surface area contributed by atoms with Crippen molar-refractivity contribution in [3.05, 3.63) is 156 Å². The third-order valence-corrected chi connectivity index (χ3v) is 11.1. The maximum absolute atomic E-state index is 13.5. The highest BCUT2D eigenvalue weighted by Gasteiger charge is 2.34. The largest absolute Gasteiger partial charge is 0.457 e. The van der Waals surface area contributed by atoms with Gasteiger partial charge >= 0.3 is 12.4 Å². The molecule has 8 aromatic rings. The molecule has 316 valence electrons. The third kappa shape index (κ3) is 9.66. The summed E-state index contributed by atoms with van der Waals surface area (Å²) in [7, 11) is -3.50. The van der Waals surface area contributed by atoms with Gasteiger partial charge in [-0.15, -0.1) is 11.8 Å². The molecule has 16 heteroatoms. The standard InChI is InChI=1S/C23H17F3N2O3S.C23H17F3N2OS/c1-14-13-28-22-18(7-4-8-19(22)23(24,25)26)21(14)15-5-3-6-16(11-15)31-17-9-10-27-20(12-17)32(2,29)30;1-14-13-28-22-18(7-4-8-19(22)23(24,25)26)21(14)15-5-3-6-16(11-15)29-17-9-10-27-20(12-17)30-2/h3-13H,1-2H3;3-13H,1-2H3. The second-order valence-corrected chi connectivity index (χ2v) is 16.7. The summed E-state index contributed by atoms with van der Waals surface area (Å²) < 4.78 is 116. The first kappa shape index (κ1) is 43.6. The van der Waals surface area contributed by atoms with Crippen LogP contribution in [0.3, 0.4) is 0 Å². The molecule has 8 rings (SSSR count). The number of aryl methyl sites for hydroxylation is 2. The molecule has 4 aromatic heterocycles. The van der Waals surface area contributed by atoms with Crippen LogP contribution in [-0.4, -0.2) is 40.9 Å². The molecule has 0 saturated carbocycles. The number of thioether (sulfide) groups is 1. The number of nitrogens with zero attached hydrogens (tertiary/aromatic N) is 4. The Balaban J connectivity index is 0.000000187. The van der Waals surface area contributed by atoms with Gasteiger partial charge in [-0.3, -0.25) is 9.97 Å². The van der Waals surface area contributed by atoms with Crippen molar-refractivity contribution in [1.82, 2.24) is 19.9 Å². The van der Waals surface area contributed by atoms with E-state index in [-0.39, 0.29) is 21.8 Å². The first-order valence-corrected chi connectivity index (χ1v) is 21.7. The van der Waals surface area contributed by atoms with Crippen LogP contribution in [0.4, 0.5) is 26.3 Å². The number of para-hydroxylation sites is 2. The molecule has 0 aliphatic heterocycles. The van der Waals surface area contributed by atoms with E-state index in [1.54, 1.807) is 55.6 Å². The molecule has 0 atom stereocenters. The summed E-state index contributed by atoms with van der Waals surface area (Å²) in [6, 6.07) is 28.7. The van der Waals surface area contributed by atoms with Gasteiger partial charge in [0, 0.05) is 53.9 Å². The summed E-state index contributed by atoms with van der Waals surface area (Å²) in [5.41, 5.74) is 2.48. The fourth-order valence-electron chi connectivity index (χ4n) is 6.80. The van der Waals surface area contributed by atoms with Crippen molar-refractivity contribution < 1.29 is 44.2 Å². The second-order valence-electron chi connectivity index (χ2n) is 13.9. The molecular weight excluding hydrogens is 851 g/mol. The van der Waals surface area contributed by atoms with Crippen molar-refractivity contribution in [3.8, 4) is 45.3 Å². The van der Waals surface area contributed by atoms with E-state index in [4.69, 9.17) is 9.47 Å². The summed E-state index contributed by atoms with van der Waals surface area (Å²) in [6.07, 6.45) is -0.122.